The van der Waals surface area contributed by atoms with E-state index in [1.807, 2.05) is 0 Å². The van der Waals surface area contributed by atoms with Crippen molar-refractivity contribution >= 4 is 22.4 Å². The van der Waals surface area contributed by atoms with Gasteiger partial charge in [0.15, 0.2) is 0 Å². The highest BCUT2D eigenvalue weighted by Crippen LogP contribution is 2.53. The first kappa shape index (κ1) is 15.6. The van der Waals surface area contributed by atoms with E-state index in [9.17, 15) is 0 Å². The Kier molecular flexibility index (Phi) is 3.58. The monoisotopic (exact) mass is 347 g/mol. The number of hydrogen-bond acceptors (Lipinski definition) is 0. The number of hydrogen-bond donors (Lipinski definition) is 0. The van der Waals surface area contributed by atoms with E-state index in [0.717, 1.165) is 0 Å². The number of allylic oxidation sites excluding steroid dienone is 2. The Morgan fingerprint density at radius 2 is 1.04 bits per heavy atom. The van der Waals surface area contributed by atoms with E-state index in [2.05, 4.69) is 113 Å². The zero-order valence-corrected chi connectivity index (χ0v) is 15.5. The molecule has 0 nitrogen and oxygen atoms in total. The molecule has 2 aliphatic rings. The molecule has 26 heavy (non-hydrogen) atoms. The summed E-state index contributed by atoms with van der Waals surface area (Å²) < 4.78 is 0. The summed E-state index contributed by atoms with van der Waals surface area (Å²) in [5.74, 6) is 0.553. The maximum Gasteiger partial charge on any atom is 0.0404 e. The average molecular weight is 348 g/mol. The van der Waals surface area contributed by atoms with Crippen molar-refractivity contribution in [2.45, 2.75) is 16.9 Å². The van der Waals surface area contributed by atoms with Crippen molar-refractivity contribution in [3.63, 3.8) is 0 Å². The van der Waals surface area contributed by atoms with Crippen LogP contribution in [0.15, 0.2) is 91.0 Å². The fraction of sp³-hybridized carbons (Fsp3) is 0.120. The summed E-state index contributed by atoms with van der Waals surface area (Å²) in [5, 5.41) is -0.229. The molecule has 123 valence electrons. The van der Waals surface area contributed by atoms with Crippen LogP contribution in [0.1, 0.15) is 39.7 Å². The van der Waals surface area contributed by atoms with E-state index in [-0.39, 0.29) is 16.9 Å². The Balaban J connectivity index is 1.72. The van der Waals surface area contributed by atoms with Gasteiger partial charge in [-0.05, 0) is 27.8 Å². The second-order valence-corrected chi connectivity index (χ2v) is 7.99. The van der Waals surface area contributed by atoms with Crippen LogP contribution in [0, 0.1) is 0 Å². The molecule has 0 N–H and O–H groups in total. The quantitative estimate of drug-likeness (QED) is 0.535. The zero-order chi connectivity index (χ0) is 17.6. The van der Waals surface area contributed by atoms with Crippen molar-refractivity contribution in [2.24, 2.45) is 0 Å². The molecule has 3 radical (unpaired) electrons. The molecule has 0 aliphatic heterocycles. The molecule has 5 rings (SSSR count). The fourth-order valence-corrected chi connectivity index (χ4v) is 5.23. The molecule has 2 unspecified atom stereocenters. The lowest BCUT2D eigenvalue weighted by atomic mass is 9.71. The van der Waals surface area contributed by atoms with Crippen LogP contribution in [0.3, 0.4) is 0 Å². The highest BCUT2D eigenvalue weighted by Gasteiger charge is 2.45. The van der Waals surface area contributed by atoms with Crippen LogP contribution in [0.5, 0.6) is 0 Å². The lowest BCUT2D eigenvalue weighted by Crippen LogP contribution is -2.38. The molecular formula is C25H19Si. The Hall–Kier alpha value is -2.64. The lowest BCUT2D eigenvalue weighted by Gasteiger charge is -2.41. The molecule has 0 bridgehead atoms. The summed E-state index contributed by atoms with van der Waals surface area (Å²) in [6, 6.07) is 28.3. The minimum Gasteiger partial charge on any atom is -0.0758 e. The van der Waals surface area contributed by atoms with Crippen LogP contribution in [0.4, 0.5) is 0 Å². The molecular weight excluding hydrogens is 328 g/mol. The van der Waals surface area contributed by atoms with Gasteiger partial charge < -0.3 is 0 Å². The van der Waals surface area contributed by atoms with Gasteiger partial charge in [-0.25, -0.2) is 0 Å². The third kappa shape index (κ3) is 2.20. The average Bonchev–Trinajstić information content (AvgIpc) is 3.33. The predicted octanol–water partition coefficient (Wildman–Crippen LogP) is 5.67. The van der Waals surface area contributed by atoms with E-state index in [4.69, 9.17) is 0 Å². The fourth-order valence-electron chi connectivity index (χ4n) is 4.56. The summed E-state index contributed by atoms with van der Waals surface area (Å²) in [7, 11) is 4.35. The minimum absolute atomic E-state index is 0.229. The van der Waals surface area contributed by atoms with Gasteiger partial charge in [0, 0.05) is 27.1 Å². The van der Waals surface area contributed by atoms with Gasteiger partial charge in [-0.15, -0.1) is 0 Å². The van der Waals surface area contributed by atoms with E-state index in [1.165, 1.54) is 27.8 Å². The first-order chi connectivity index (χ1) is 12.8. The molecule has 3 aromatic carbocycles. The van der Waals surface area contributed by atoms with Crippen molar-refractivity contribution in [1.82, 2.24) is 0 Å². The smallest absolute Gasteiger partial charge is 0.0404 e. The summed E-state index contributed by atoms with van der Waals surface area (Å²) >= 11 is 0. The summed E-state index contributed by atoms with van der Waals surface area (Å²) in [4.78, 5) is 0. The third-order valence-electron chi connectivity index (χ3n) is 5.83. The Morgan fingerprint density at radius 1 is 0.577 bits per heavy atom. The first-order valence-corrected chi connectivity index (χ1v) is 9.63. The van der Waals surface area contributed by atoms with E-state index in [1.54, 1.807) is 0 Å². The van der Waals surface area contributed by atoms with Gasteiger partial charge in [0.1, 0.15) is 0 Å². The lowest BCUT2D eigenvalue weighted by molar-refractivity contribution is 0.501. The van der Waals surface area contributed by atoms with Crippen molar-refractivity contribution in [1.29, 1.82) is 0 Å². The molecule has 0 amide bonds. The van der Waals surface area contributed by atoms with Crippen LogP contribution in [0.2, 0.25) is 0 Å². The van der Waals surface area contributed by atoms with Crippen molar-refractivity contribution in [3.05, 3.63) is 119 Å². The van der Waals surface area contributed by atoms with Crippen molar-refractivity contribution in [3.8, 4) is 0 Å². The molecule has 1 heteroatoms. The van der Waals surface area contributed by atoms with Crippen LogP contribution in [-0.4, -0.2) is 10.2 Å². The van der Waals surface area contributed by atoms with Gasteiger partial charge in [0.2, 0.25) is 0 Å². The van der Waals surface area contributed by atoms with E-state index >= 15 is 0 Å². The van der Waals surface area contributed by atoms with E-state index in [0.29, 0.717) is 0 Å². The Morgan fingerprint density at radius 3 is 1.58 bits per heavy atom. The van der Waals surface area contributed by atoms with Gasteiger partial charge >= 0.3 is 0 Å². The topological polar surface area (TPSA) is 0 Å². The second kappa shape index (κ2) is 5.96. The first-order valence-electron chi connectivity index (χ1n) is 9.13. The molecule has 2 atom stereocenters. The van der Waals surface area contributed by atoms with Crippen molar-refractivity contribution in [2.75, 3.05) is 0 Å². The Bertz CT molecular complexity index is 952. The molecule has 0 saturated carbocycles. The summed E-state index contributed by atoms with van der Waals surface area (Å²) in [6.45, 7) is 0. The largest absolute Gasteiger partial charge is 0.0758 e. The predicted molar refractivity (Wildman–Crippen MR) is 110 cm³/mol. The summed E-state index contributed by atoms with van der Waals surface area (Å²) in [6.07, 6.45) is 9.25. The highest BCUT2D eigenvalue weighted by molar-refractivity contribution is 6.18. The molecule has 0 saturated heterocycles. The maximum atomic E-state index is 4.35. The van der Waals surface area contributed by atoms with Crippen LogP contribution < -0.4 is 0 Å². The van der Waals surface area contributed by atoms with Gasteiger partial charge in [-0.2, -0.15) is 0 Å². The highest BCUT2D eigenvalue weighted by atomic mass is 28.1. The van der Waals surface area contributed by atoms with Crippen LogP contribution in [-0.2, 0) is 5.04 Å². The minimum atomic E-state index is -0.229. The molecule has 3 aromatic rings. The van der Waals surface area contributed by atoms with Crippen LogP contribution in [0.25, 0.3) is 12.2 Å². The van der Waals surface area contributed by atoms with Crippen LogP contribution >= 0.6 is 0 Å². The number of benzene rings is 3. The Labute approximate surface area is 158 Å². The molecule has 0 heterocycles. The third-order valence-corrected chi connectivity index (χ3v) is 6.74. The summed E-state index contributed by atoms with van der Waals surface area (Å²) in [5.41, 5.74) is 6.75. The number of fused-ring (bicyclic) bond motifs is 2. The van der Waals surface area contributed by atoms with Gasteiger partial charge in [-0.1, -0.05) is 103 Å². The van der Waals surface area contributed by atoms with E-state index < -0.39 is 0 Å². The van der Waals surface area contributed by atoms with Gasteiger partial charge in [0.05, 0.1) is 0 Å². The maximum absolute atomic E-state index is 4.35. The van der Waals surface area contributed by atoms with Gasteiger partial charge in [-0.3, -0.25) is 0 Å². The SMILES string of the molecule is [Si]C(c1ccccc1)(C1C=Cc2ccccc21)C1C=Cc2ccccc21. The normalized spacial score (nSPS) is 22.0. The molecule has 2 aliphatic carbocycles. The number of rotatable bonds is 3. The van der Waals surface area contributed by atoms with Gasteiger partial charge in [0.25, 0.3) is 0 Å². The molecule has 0 fully saturated rings. The zero-order valence-electron chi connectivity index (χ0n) is 14.5. The second-order valence-electron chi connectivity index (χ2n) is 7.17. The molecule has 0 spiro atoms. The standard InChI is InChI=1S/C25H19Si/c26-25(20-10-2-1-3-11-20,23-16-14-18-8-4-6-12-21(18)23)24-17-15-19-9-5-7-13-22(19)24/h1-17,23-24H. The molecule has 0 aromatic heterocycles. The van der Waals surface area contributed by atoms with Crippen molar-refractivity contribution < 1.29 is 0 Å².